The summed E-state index contributed by atoms with van der Waals surface area (Å²) in [5.41, 5.74) is -0.556. The normalized spacial score (nSPS) is 24.7. The molecule has 134 valence electrons. The van der Waals surface area contributed by atoms with E-state index in [9.17, 15) is 17.6 Å². The molecule has 0 aromatic heterocycles. The van der Waals surface area contributed by atoms with Crippen molar-refractivity contribution in [2.45, 2.75) is 50.2 Å². The highest BCUT2D eigenvalue weighted by Crippen LogP contribution is 2.27. The summed E-state index contributed by atoms with van der Waals surface area (Å²) in [7, 11) is -3.87. The third-order valence-corrected chi connectivity index (χ3v) is 5.58. The monoisotopic (exact) mass is 359 g/mol. The van der Waals surface area contributed by atoms with Gasteiger partial charge in [-0.25, -0.2) is 22.3 Å². The van der Waals surface area contributed by atoms with Gasteiger partial charge in [-0.15, -0.1) is 0 Å². The Morgan fingerprint density at radius 1 is 1.33 bits per heavy atom. The fourth-order valence-corrected chi connectivity index (χ4v) is 4.15. The van der Waals surface area contributed by atoms with Crippen molar-refractivity contribution in [1.82, 2.24) is 4.72 Å². The van der Waals surface area contributed by atoms with Gasteiger partial charge in [0.2, 0.25) is 10.0 Å². The van der Waals surface area contributed by atoms with Crippen molar-refractivity contribution in [1.29, 1.82) is 0 Å². The Labute approximate surface area is 141 Å². The molecule has 6 nitrogen and oxygen atoms in total. The van der Waals surface area contributed by atoms with Gasteiger partial charge in [0.25, 0.3) is 0 Å². The highest BCUT2D eigenvalue weighted by Gasteiger charge is 2.25. The van der Waals surface area contributed by atoms with E-state index in [0.29, 0.717) is 12.3 Å². The zero-order chi connectivity index (χ0) is 17.9. The molecule has 1 fully saturated rings. The van der Waals surface area contributed by atoms with Crippen molar-refractivity contribution in [2.75, 3.05) is 6.54 Å². The van der Waals surface area contributed by atoms with E-state index in [2.05, 4.69) is 4.72 Å². The van der Waals surface area contributed by atoms with Gasteiger partial charge in [0.05, 0.1) is 22.7 Å². The number of halogens is 1. The topological polar surface area (TPSA) is 92.7 Å². The van der Waals surface area contributed by atoms with Crippen LogP contribution in [-0.2, 0) is 14.8 Å². The predicted octanol–water partition coefficient (Wildman–Crippen LogP) is 2.40. The van der Waals surface area contributed by atoms with E-state index in [-0.39, 0.29) is 23.6 Å². The molecule has 24 heavy (non-hydrogen) atoms. The molecule has 1 saturated heterocycles. The molecule has 0 amide bonds. The van der Waals surface area contributed by atoms with Crippen LogP contribution in [0.5, 0.6) is 0 Å². The Morgan fingerprint density at radius 3 is 2.50 bits per heavy atom. The van der Waals surface area contributed by atoms with E-state index >= 15 is 0 Å². The molecule has 1 aliphatic heterocycles. The molecule has 1 aromatic carbocycles. The summed E-state index contributed by atoms with van der Waals surface area (Å²) in [5.74, 6) is -2.14. The van der Waals surface area contributed by atoms with Crippen LogP contribution in [0.2, 0.25) is 0 Å². The highest BCUT2D eigenvalue weighted by molar-refractivity contribution is 7.89. The van der Waals surface area contributed by atoms with E-state index in [1.807, 2.05) is 13.8 Å². The second-order valence-electron chi connectivity index (χ2n) is 6.23. The van der Waals surface area contributed by atoms with E-state index in [1.54, 1.807) is 0 Å². The van der Waals surface area contributed by atoms with Gasteiger partial charge in [0.15, 0.2) is 0 Å². The van der Waals surface area contributed by atoms with Crippen LogP contribution in [0.15, 0.2) is 23.1 Å². The molecular weight excluding hydrogens is 337 g/mol. The average molecular weight is 359 g/mol. The number of sulfonamides is 1. The zero-order valence-corrected chi connectivity index (χ0v) is 14.5. The molecule has 0 aliphatic carbocycles. The van der Waals surface area contributed by atoms with Crippen LogP contribution >= 0.6 is 0 Å². The maximum absolute atomic E-state index is 13.6. The number of ether oxygens (including phenoxy) is 1. The summed E-state index contributed by atoms with van der Waals surface area (Å²) in [6, 6.07) is 2.77. The third-order valence-electron chi connectivity index (χ3n) is 4.12. The molecule has 0 radical (unpaired) electrons. The lowest BCUT2D eigenvalue weighted by molar-refractivity contribution is -0.0530. The van der Waals surface area contributed by atoms with Gasteiger partial charge in [0.1, 0.15) is 5.82 Å². The van der Waals surface area contributed by atoms with Gasteiger partial charge in [-0.05, 0) is 57.2 Å². The summed E-state index contributed by atoms with van der Waals surface area (Å²) >= 11 is 0. The van der Waals surface area contributed by atoms with Gasteiger partial charge < -0.3 is 9.84 Å². The summed E-state index contributed by atoms with van der Waals surface area (Å²) in [6.07, 6.45) is 2.76. The van der Waals surface area contributed by atoms with Crippen LogP contribution in [0, 0.1) is 11.7 Å². The van der Waals surface area contributed by atoms with Gasteiger partial charge >= 0.3 is 5.97 Å². The van der Waals surface area contributed by atoms with Gasteiger partial charge in [0, 0.05) is 6.54 Å². The second-order valence-corrected chi connectivity index (χ2v) is 7.99. The number of hydrogen-bond acceptors (Lipinski definition) is 4. The average Bonchev–Trinajstić information content (AvgIpc) is 2.45. The maximum atomic E-state index is 13.6. The lowest BCUT2D eigenvalue weighted by Gasteiger charge is -2.32. The lowest BCUT2D eigenvalue weighted by Crippen LogP contribution is -2.32. The molecule has 2 N–H and O–H groups in total. The number of benzene rings is 1. The van der Waals surface area contributed by atoms with Crippen LogP contribution < -0.4 is 4.72 Å². The smallest absolute Gasteiger partial charge is 0.338 e. The van der Waals surface area contributed by atoms with Crippen molar-refractivity contribution in [3.05, 3.63) is 29.6 Å². The van der Waals surface area contributed by atoms with Crippen molar-refractivity contribution in [3.63, 3.8) is 0 Å². The van der Waals surface area contributed by atoms with Crippen molar-refractivity contribution in [2.24, 2.45) is 5.92 Å². The number of carboxylic acid groups (broad SMARTS) is 1. The van der Waals surface area contributed by atoms with Gasteiger partial charge in [-0.2, -0.15) is 0 Å². The molecule has 0 saturated carbocycles. The van der Waals surface area contributed by atoms with E-state index < -0.39 is 27.4 Å². The molecule has 0 bridgehead atoms. The van der Waals surface area contributed by atoms with Crippen LogP contribution in [0.3, 0.4) is 0 Å². The molecule has 0 spiro atoms. The Balaban J connectivity index is 1.96. The fourth-order valence-electron chi connectivity index (χ4n) is 3.10. The van der Waals surface area contributed by atoms with Crippen molar-refractivity contribution in [3.8, 4) is 0 Å². The summed E-state index contributed by atoms with van der Waals surface area (Å²) in [5, 5.41) is 8.77. The Morgan fingerprint density at radius 2 is 1.96 bits per heavy atom. The largest absolute Gasteiger partial charge is 0.478 e. The highest BCUT2D eigenvalue weighted by atomic mass is 32.2. The van der Waals surface area contributed by atoms with Crippen LogP contribution in [0.1, 0.15) is 43.5 Å². The minimum atomic E-state index is -3.87. The SMILES string of the molecule is CC1CC(CCNS(=O)(=O)c2ccc(C(=O)O)c(F)c2)CC(C)O1. The minimum Gasteiger partial charge on any atom is -0.478 e. The van der Waals surface area contributed by atoms with E-state index in [1.165, 1.54) is 0 Å². The number of carboxylic acids is 1. The molecule has 2 atom stereocenters. The fraction of sp³-hybridized carbons (Fsp3) is 0.562. The van der Waals surface area contributed by atoms with Crippen molar-refractivity contribution >= 4 is 16.0 Å². The second kappa shape index (κ2) is 7.58. The molecule has 1 heterocycles. The molecule has 1 aromatic rings. The van der Waals surface area contributed by atoms with Gasteiger partial charge in [-0.3, -0.25) is 0 Å². The van der Waals surface area contributed by atoms with Crippen LogP contribution in [-0.4, -0.2) is 38.2 Å². The predicted molar refractivity (Wildman–Crippen MR) is 85.9 cm³/mol. The first kappa shape index (κ1) is 18.8. The van der Waals surface area contributed by atoms with E-state index in [0.717, 1.165) is 31.0 Å². The van der Waals surface area contributed by atoms with Crippen molar-refractivity contribution < 1.29 is 27.4 Å². The number of carbonyl (C=O) groups is 1. The number of rotatable bonds is 6. The summed E-state index contributed by atoms with van der Waals surface area (Å²) in [6.45, 7) is 4.24. The molecule has 1 aliphatic rings. The lowest BCUT2D eigenvalue weighted by atomic mass is 9.90. The Kier molecular flexibility index (Phi) is 5.95. The maximum Gasteiger partial charge on any atom is 0.338 e. The Bertz CT molecular complexity index is 696. The Hall–Kier alpha value is -1.51. The van der Waals surface area contributed by atoms with E-state index in [4.69, 9.17) is 9.84 Å². The minimum absolute atomic E-state index is 0.160. The summed E-state index contributed by atoms with van der Waals surface area (Å²) in [4.78, 5) is 10.5. The van der Waals surface area contributed by atoms with Crippen LogP contribution in [0.25, 0.3) is 0 Å². The quantitative estimate of drug-likeness (QED) is 0.814. The standard InChI is InChI=1S/C16H22FNO5S/c1-10-7-12(8-11(2)23-10)5-6-18-24(21,22)13-3-4-14(16(19)20)15(17)9-13/h3-4,9-12,18H,5-8H2,1-2H3,(H,19,20). The first-order valence-electron chi connectivity index (χ1n) is 7.87. The number of aromatic carboxylic acids is 1. The molecular formula is C16H22FNO5S. The molecule has 8 heteroatoms. The van der Waals surface area contributed by atoms with Crippen LogP contribution in [0.4, 0.5) is 4.39 Å². The first-order valence-corrected chi connectivity index (χ1v) is 9.35. The van der Waals surface area contributed by atoms with Gasteiger partial charge in [-0.1, -0.05) is 0 Å². The first-order chi connectivity index (χ1) is 11.2. The third kappa shape index (κ3) is 4.75. The number of nitrogens with one attached hydrogen (secondary N) is 1. The molecule has 2 rings (SSSR count). The molecule has 2 unspecified atom stereocenters. The number of hydrogen-bond donors (Lipinski definition) is 2. The zero-order valence-electron chi connectivity index (χ0n) is 13.7. The summed E-state index contributed by atoms with van der Waals surface area (Å²) < 4.78 is 46.1.